The van der Waals surface area contributed by atoms with Gasteiger partial charge in [-0.25, -0.2) is 0 Å². The standard InChI is InChI=1S/C31H44O6S/c1-8-23(2)29(37-22-33-5)20-30(36-21-26-14-16-27(34-6)17-15-26)25(4)31(35-7)24(3)18-19-38(32)28-12-10-9-11-13-28/h8-18,23,25,29-31H,1,19-22H2,2-7H3/b24-18+/t23-,25-,29-,30-,31-,38?/m0/s1. The number of rotatable bonds is 18. The Morgan fingerprint density at radius 2 is 1.66 bits per heavy atom. The van der Waals surface area contributed by atoms with Crippen molar-refractivity contribution in [3.05, 3.63) is 84.5 Å². The largest absolute Gasteiger partial charge is 0.497 e. The van der Waals surface area contributed by atoms with Crippen molar-refractivity contribution in [2.75, 3.05) is 33.9 Å². The summed E-state index contributed by atoms with van der Waals surface area (Å²) < 4.78 is 41.8. The van der Waals surface area contributed by atoms with Gasteiger partial charge in [-0.05, 0) is 42.3 Å². The number of ether oxygens (including phenoxy) is 5. The van der Waals surface area contributed by atoms with Crippen LogP contribution in [-0.4, -0.2) is 56.4 Å². The molecule has 0 heterocycles. The molecule has 0 aliphatic carbocycles. The van der Waals surface area contributed by atoms with Crippen molar-refractivity contribution in [3.8, 4) is 5.75 Å². The fraction of sp³-hybridized carbons (Fsp3) is 0.484. The van der Waals surface area contributed by atoms with Crippen molar-refractivity contribution in [3.63, 3.8) is 0 Å². The molecule has 2 rings (SSSR count). The predicted molar refractivity (Wildman–Crippen MR) is 154 cm³/mol. The lowest BCUT2D eigenvalue weighted by atomic mass is 9.87. The van der Waals surface area contributed by atoms with Gasteiger partial charge in [-0.3, -0.25) is 4.21 Å². The van der Waals surface area contributed by atoms with E-state index in [4.69, 9.17) is 23.7 Å². The summed E-state index contributed by atoms with van der Waals surface area (Å²) in [6.07, 6.45) is 4.00. The highest BCUT2D eigenvalue weighted by molar-refractivity contribution is 7.85. The normalized spacial score (nSPS) is 16.7. The summed E-state index contributed by atoms with van der Waals surface area (Å²) in [5.74, 6) is 1.33. The number of hydrogen-bond donors (Lipinski definition) is 0. The zero-order valence-corrected chi connectivity index (χ0v) is 24.4. The van der Waals surface area contributed by atoms with Gasteiger partial charge in [0.15, 0.2) is 0 Å². The summed E-state index contributed by atoms with van der Waals surface area (Å²) in [5, 5.41) is 0. The second-order valence-corrected chi connectivity index (χ2v) is 10.9. The maximum absolute atomic E-state index is 12.8. The van der Waals surface area contributed by atoms with Crippen molar-refractivity contribution in [2.24, 2.45) is 11.8 Å². The Hall–Kier alpha value is -2.29. The van der Waals surface area contributed by atoms with Gasteiger partial charge >= 0.3 is 0 Å². The smallest absolute Gasteiger partial charge is 0.146 e. The van der Waals surface area contributed by atoms with Crippen molar-refractivity contribution in [1.82, 2.24) is 0 Å². The fourth-order valence-corrected chi connectivity index (χ4v) is 5.40. The highest BCUT2D eigenvalue weighted by atomic mass is 32.2. The molecule has 0 fully saturated rings. The molecule has 0 aromatic heterocycles. The molecule has 2 aromatic carbocycles. The van der Waals surface area contributed by atoms with E-state index in [1.807, 2.05) is 73.7 Å². The van der Waals surface area contributed by atoms with Crippen molar-refractivity contribution in [1.29, 1.82) is 0 Å². The van der Waals surface area contributed by atoms with Crippen LogP contribution in [0, 0.1) is 11.8 Å². The SMILES string of the molecule is C=C[C@H](C)[C@H](C[C@H](OCc1ccc(OC)cc1)[C@H](C)[C@@H](OC)/C(C)=C/CS(=O)c1ccccc1)OCOC. The average Bonchev–Trinajstić information content (AvgIpc) is 2.96. The minimum Gasteiger partial charge on any atom is -0.497 e. The molecule has 0 spiro atoms. The Balaban J connectivity index is 2.23. The molecule has 0 saturated carbocycles. The number of benzene rings is 2. The highest BCUT2D eigenvalue weighted by Crippen LogP contribution is 2.28. The molecule has 0 aliphatic rings. The van der Waals surface area contributed by atoms with Gasteiger partial charge in [0.05, 0.1) is 42.8 Å². The van der Waals surface area contributed by atoms with Crippen LogP contribution < -0.4 is 4.74 Å². The van der Waals surface area contributed by atoms with E-state index in [2.05, 4.69) is 20.4 Å². The van der Waals surface area contributed by atoms with E-state index in [-0.39, 0.29) is 36.9 Å². The van der Waals surface area contributed by atoms with Gasteiger partial charge in [-0.1, -0.05) is 56.3 Å². The van der Waals surface area contributed by atoms with Gasteiger partial charge in [-0.2, -0.15) is 0 Å². The zero-order valence-electron chi connectivity index (χ0n) is 23.6. The molecule has 6 nitrogen and oxygen atoms in total. The minimum absolute atomic E-state index is 0.00896. The monoisotopic (exact) mass is 544 g/mol. The van der Waals surface area contributed by atoms with Gasteiger partial charge in [0.25, 0.3) is 0 Å². The Morgan fingerprint density at radius 1 is 0.974 bits per heavy atom. The molecule has 0 radical (unpaired) electrons. The van der Waals surface area contributed by atoms with Crippen LogP contribution in [0.1, 0.15) is 32.8 Å². The summed E-state index contributed by atoms with van der Waals surface area (Å²) in [5.41, 5.74) is 2.07. The number of methoxy groups -OCH3 is 3. The lowest BCUT2D eigenvalue weighted by molar-refractivity contribution is -0.117. The first-order chi connectivity index (χ1) is 18.3. The lowest BCUT2D eigenvalue weighted by Crippen LogP contribution is -2.38. The van der Waals surface area contributed by atoms with Gasteiger partial charge < -0.3 is 23.7 Å². The Bertz CT molecular complexity index is 991. The molecule has 38 heavy (non-hydrogen) atoms. The van der Waals surface area contributed by atoms with Crippen LogP contribution in [-0.2, 0) is 36.4 Å². The van der Waals surface area contributed by atoms with Crippen LogP contribution in [0.3, 0.4) is 0 Å². The van der Waals surface area contributed by atoms with E-state index < -0.39 is 10.8 Å². The molecular weight excluding hydrogens is 500 g/mol. The van der Waals surface area contributed by atoms with Crippen LogP contribution in [0.25, 0.3) is 0 Å². The molecule has 0 N–H and O–H groups in total. The first kappa shape index (κ1) is 31.9. The fourth-order valence-electron chi connectivity index (χ4n) is 4.33. The van der Waals surface area contributed by atoms with Crippen molar-refractivity contribution < 1.29 is 27.9 Å². The third kappa shape index (κ3) is 10.1. The molecule has 7 heteroatoms. The zero-order chi connectivity index (χ0) is 27.9. The summed E-state index contributed by atoms with van der Waals surface area (Å²) in [4.78, 5) is 0.816. The third-order valence-electron chi connectivity index (χ3n) is 6.78. The first-order valence-electron chi connectivity index (χ1n) is 12.9. The molecule has 1 unspecified atom stereocenters. The number of hydrogen-bond acceptors (Lipinski definition) is 6. The Morgan fingerprint density at radius 3 is 2.24 bits per heavy atom. The topological polar surface area (TPSA) is 63.2 Å². The molecule has 0 amide bonds. The van der Waals surface area contributed by atoms with E-state index >= 15 is 0 Å². The summed E-state index contributed by atoms with van der Waals surface area (Å²) >= 11 is 0. The van der Waals surface area contributed by atoms with E-state index in [0.29, 0.717) is 18.8 Å². The van der Waals surface area contributed by atoms with E-state index in [9.17, 15) is 4.21 Å². The van der Waals surface area contributed by atoms with Crippen LogP contribution in [0.2, 0.25) is 0 Å². The van der Waals surface area contributed by atoms with Crippen LogP contribution in [0.5, 0.6) is 5.75 Å². The van der Waals surface area contributed by atoms with E-state index in [1.165, 1.54) is 0 Å². The average molecular weight is 545 g/mol. The maximum atomic E-state index is 12.8. The highest BCUT2D eigenvalue weighted by Gasteiger charge is 2.31. The predicted octanol–water partition coefficient (Wildman–Crippen LogP) is 6.19. The van der Waals surface area contributed by atoms with Crippen molar-refractivity contribution >= 4 is 10.8 Å². The summed E-state index contributed by atoms with van der Waals surface area (Å²) in [6, 6.07) is 17.4. The van der Waals surface area contributed by atoms with Crippen LogP contribution in [0.4, 0.5) is 0 Å². The molecule has 6 atom stereocenters. The second kappa shape index (κ2) is 17.3. The second-order valence-electron chi connectivity index (χ2n) is 9.43. The quantitative estimate of drug-likeness (QED) is 0.165. The molecule has 0 bridgehead atoms. The van der Waals surface area contributed by atoms with E-state index in [0.717, 1.165) is 21.8 Å². The Kier molecular flexibility index (Phi) is 14.6. The minimum atomic E-state index is -1.12. The third-order valence-corrected chi connectivity index (χ3v) is 8.04. The molecule has 0 saturated heterocycles. The maximum Gasteiger partial charge on any atom is 0.146 e. The van der Waals surface area contributed by atoms with Gasteiger partial charge in [0.2, 0.25) is 0 Å². The molecule has 210 valence electrons. The van der Waals surface area contributed by atoms with Crippen molar-refractivity contribution in [2.45, 2.75) is 57.0 Å². The lowest BCUT2D eigenvalue weighted by Gasteiger charge is -2.34. The van der Waals surface area contributed by atoms with E-state index in [1.54, 1.807) is 21.3 Å². The molecule has 0 aliphatic heterocycles. The van der Waals surface area contributed by atoms with Gasteiger partial charge in [-0.15, -0.1) is 6.58 Å². The van der Waals surface area contributed by atoms with Gasteiger partial charge in [0, 0.05) is 43.1 Å². The summed E-state index contributed by atoms with van der Waals surface area (Å²) in [6.45, 7) is 10.8. The van der Waals surface area contributed by atoms with Gasteiger partial charge in [0.1, 0.15) is 12.5 Å². The first-order valence-corrected chi connectivity index (χ1v) is 14.3. The molecule has 2 aromatic rings. The van der Waals surface area contributed by atoms with Crippen LogP contribution >= 0.6 is 0 Å². The summed E-state index contributed by atoms with van der Waals surface area (Å²) in [7, 11) is 3.86. The van der Waals surface area contributed by atoms with Crippen LogP contribution in [0.15, 0.2) is 83.8 Å². The Labute approximate surface area is 231 Å². The molecular formula is C31H44O6S.